The summed E-state index contributed by atoms with van der Waals surface area (Å²) in [5.41, 5.74) is 6.51. The number of benzene rings is 1. The Morgan fingerprint density at radius 3 is 2.33 bits per heavy atom. The lowest BCUT2D eigenvalue weighted by Gasteiger charge is -2.32. The van der Waals surface area contributed by atoms with Gasteiger partial charge in [-0.25, -0.2) is 0 Å². The number of carbonyl (C=O) groups is 1. The second-order valence-corrected chi connectivity index (χ2v) is 4.67. The molecule has 1 atom stereocenters. The zero-order chi connectivity index (χ0) is 13.0. The van der Waals surface area contributed by atoms with Crippen molar-refractivity contribution >= 4 is 5.91 Å². The van der Waals surface area contributed by atoms with Gasteiger partial charge < -0.3 is 10.5 Å². The van der Waals surface area contributed by atoms with Crippen LogP contribution in [0.15, 0.2) is 24.3 Å². The molecule has 4 nitrogen and oxygen atoms in total. The fraction of sp³-hybridized carbons (Fsp3) is 0.500. The highest BCUT2D eigenvalue weighted by Gasteiger charge is 2.26. The van der Waals surface area contributed by atoms with Crippen LogP contribution in [0.5, 0.6) is 5.75 Å². The third-order valence-corrected chi connectivity index (χ3v) is 3.46. The van der Waals surface area contributed by atoms with Gasteiger partial charge in [0, 0.05) is 0 Å². The smallest absolute Gasteiger partial charge is 0.239 e. The number of carbonyl (C=O) groups excluding carboxylic acids is 1. The number of rotatable bonds is 4. The molecule has 1 fully saturated rings. The topological polar surface area (TPSA) is 55.6 Å². The van der Waals surface area contributed by atoms with E-state index in [0.717, 1.165) is 37.2 Å². The molecule has 0 bridgehead atoms. The van der Waals surface area contributed by atoms with E-state index in [4.69, 9.17) is 10.5 Å². The van der Waals surface area contributed by atoms with Crippen molar-refractivity contribution in [1.29, 1.82) is 0 Å². The summed E-state index contributed by atoms with van der Waals surface area (Å²) in [5.74, 6) is 0.516. The van der Waals surface area contributed by atoms with Gasteiger partial charge in [-0.05, 0) is 43.6 Å². The number of likely N-dealkylation sites (tertiary alicyclic amines) is 1. The van der Waals surface area contributed by atoms with E-state index in [1.165, 1.54) is 6.42 Å². The lowest BCUT2D eigenvalue weighted by molar-refractivity contribution is -0.123. The van der Waals surface area contributed by atoms with Crippen molar-refractivity contribution < 1.29 is 9.53 Å². The molecule has 0 unspecified atom stereocenters. The van der Waals surface area contributed by atoms with Crippen LogP contribution in [0.4, 0.5) is 0 Å². The third-order valence-electron chi connectivity index (χ3n) is 3.46. The number of piperidine rings is 1. The van der Waals surface area contributed by atoms with E-state index in [1.54, 1.807) is 7.11 Å². The Morgan fingerprint density at radius 2 is 1.83 bits per heavy atom. The molecule has 0 aromatic heterocycles. The van der Waals surface area contributed by atoms with E-state index in [2.05, 4.69) is 4.90 Å². The highest BCUT2D eigenvalue weighted by molar-refractivity contribution is 5.81. The summed E-state index contributed by atoms with van der Waals surface area (Å²) in [4.78, 5) is 13.9. The second-order valence-electron chi connectivity index (χ2n) is 4.67. The molecule has 18 heavy (non-hydrogen) atoms. The summed E-state index contributed by atoms with van der Waals surface area (Å²) >= 11 is 0. The van der Waals surface area contributed by atoms with Crippen molar-refractivity contribution in [1.82, 2.24) is 4.90 Å². The molecule has 0 saturated carbocycles. The predicted octanol–water partition coefficient (Wildman–Crippen LogP) is 1.71. The summed E-state index contributed by atoms with van der Waals surface area (Å²) in [6, 6.07) is 7.27. The van der Waals surface area contributed by atoms with Gasteiger partial charge in [0.1, 0.15) is 11.8 Å². The number of ether oxygens (including phenoxy) is 1. The normalized spacial score (nSPS) is 18.3. The lowest BCUT2D eigenvalue weighted by Crippen LogP contribution is -2.40. The molecule has 1 saturated heterocycles. The number of hydrogen-bond donors (Lipinski definition) is 1. The molecule has 1 aromatic carbocycles. The average Bonchev–Trinajstić information content (AvgIpc) is 2.40. The fourth-order valence-electron chi connectivity index (χ4n) is 2.52. The maximum absolute atomic E-state index is 11.7. The van der Waals surface area contributed by atoms with Crippen molar-refractivity contribution in [3.63, 3.8) is 0 Å². The number of nitrogens with zero attached hydrogens (tertiary/aromatic N) is 1. The first-order chi connectivity index (χ1) is 8.72. The van der Waals surface area contributed by atoms with Crippen LogP contribution in [0.25, 0.3) is 0 Å². The van der Waals surface area contributed by atoms with Crippen LogP contribution in [0.1, 0.15) is 30.9 Å². The summed E-state index contributed by atoms with van der Waals surface area (Å²) in [6.07, 6.45) is 3.52. The standard InChI is InChI=1S/C14H20N2O2/c1-18-12-7-5-11(6-8-12)13(14(15)17)16-9-3-2-4-10-16/h5-8,13H,2-4,9-10H2,1H3,(H2,15,17)/t13-/m0/s1. The molecule has 0 spiro atoms. The van der Waals surface area contributed by atoms with E-state index >= 15 is 0 Å². The molecule has 1 aliphatic heterocycles. The Morgan fingerprint density at radius 1 is 1.22 bits per heavy atom. The van der Waals surface area contributed by atoms with Crippen molar-refractivity contribution in [3.8, 4) is 5.75 Å². The Balaban J connectivity index is 2.20. The summed E-state index contributed by atoms with van der Waals surface area (Å²) < 4.78 is 5.13. The van der Waals surface area contributed by atoms with Gasteiger partial charge in [-0.15, -0.1) is 0 Å². The zero-order valence-corrected chi connectivity index (χ0v) is 10.8. The second kappa shape index (κ2) is 5.87. The quantitative estimate of drug-likeness (QED) is 0.882. The third kappa shape index (κ3) is 2.82. The van der Waals surface area contributed by atoms with Gasteiger partial charge in [-0.1, -0.05) is 18.6 Å². The molecule has 4 heteroatoms. The number of nitrogens with two attached hydrogens (primary N) is 1. The van der Waals surface area contributed by atoms with Gasteiger partial charge >= 0.3 is 0 Å². The largest absolute Gasteiger partial charge is 0.497 e. The number of hydrogen-bond acceptors (Lipinski definition) is 3. The van der Waals surface area contributed by atoms with Crippen LogP contribution in [-0.2, 0) is 4.79 Å². The minimum absolute atomic E-state index is 0.276. The molecule has 2 N–H and O–H groups in total. The highest BCUT2D eigenvalue weighted by atomic mass is 16.5. The SMILES string of the molecule is COc1ccc([C@@H](C(N)=O)N2CCCCC2)cc1. The molecule has 0 aliphatic carbocycles. The molecule has 0 radical (unpaired) electrons. The summed E-state index contributed by atoms with van der Waals surface area (Å²) in [5, 5.41) is 0. The minimum atomic E-state index is -0.309. The first kappa shape index (κ1) is 12.9. The van der Waals surface area contributed by atoms with Gasteiger partial charge in [-0.3, -0.25) is 9.69 Å². The zero-order valence-electron chi connectivity index (χ0n) is 10.8. The molecular formula is C14H20N2O2. The maximum Gasteiger partial charge on any atom is 0.239 e. The molecule has 2 rings (SSSR count). The van der Waals surface area contributed by atoms with Gasteiger partial charge in [0.25, 0.3) is 0 Å². The minimum Gasteiger partial charge on any atom is -0.497 e. The number of methoxy groups -OCH3 is 1. The van der Waals surface area contributed by atoms with E-state index in [9.17, 15) is 4.79 Å². The van der Waals surface area contributed by atoms with E-state index in [0.29, 0.717) is 0 Å². The van der Waals surface area contributed by atoms with E-state index in [-0.39, 0.29) is 11.9 Å². The maximum atomic E-state index is 11.7. The molecule has 1 amide bonds. The van der Waals surface area contributed by atoms with Crippen molar-refractivity contribution in [3.05, 3.63) is 29.8 Å². The Kier molecular flexibility index (Phi) is 4.20. The van der Waals surface area contributed by atoms with E-state index in [1.807, 2.05) is 24.3 Å². The van der Waals surface area contributed by atoms with Crippen LogP contribution in [-0.4, -0.2) is 31.0 Å². The molecule has 1 aromatic rings. The van der Waals surface area contributed by atoms with Crippen molar-refractivity contribution in [2.24, 2.45) is 5.73 Å². The molecule has 1 aliphatic rings. The first-order valence-electron chi connectivity index (χ1n) is 6.39. The first-order valence-corrected chi connectivity index (χ1v) is 6.39. The van der Waals surface area contributed by atoms with Crippen LogP contribution < -0.4 is 10.5 Å². The monoisotopic (exact) mass is 248 g/mol. The lowest BCUT2D eigenvalue weighted by atomic mass is 10.0. The van der Waals surface area contributed by atoms with Crippen LogP contribution in [0.2, 0.25) is 0 Å². The van der Waals surface area contributed by atoms with Crippen LogP contribution in [0, 0.1) is 0 Å². The number of primary amides is 1. The summed E-state index contributed by atoms with van der Waals surface area (Å²) in [7, 11) is 1.63. The molecular weight excluding hydrogens is 228 g/mol. The predicted molar refractivity (Wildman–Crippen MR) is 70.4 cm³/mol. The number of amides is 1. The van der Waals surface area contributed by atoms with Crippen LogP contribution >= 0.6 is 0 Å². The Bertz CT molecular complexity index is 397. The van der Waals surface area contributed by atoms with Gasteiger partial charge in [0.15, 0.2) is 0 Å². The Labute approximate surface area is 108 Å². The Hall–Kier alpha value is -1.55. The highest BCUT2D eigenvalue weighted by Crippen LogP contribution is 2.25. The summed E-state index contributed by atoms with van der Waals surface area (Å²) in [6.45, 7) is 1.89. The molecule has 1 heterocycles. The average molecular weight is 248 g/mol. The molecule has 98 valence electrons. The van der Waals surface area contributed by atoms with E-state index < -0.39 is 0 Å². The van der Waals surface area contributed by atoms with Crippen LogP contribution in [0.3, 0.4) is 0 Å². The van der Waals surface area contributed by atoms with Gasteiger partial charge in [-0.2, -0.15) is 0 Å². The van der Waals surface area contributed by atoms with Gasteiger partial charge in [0.2, 0.25) is 5.91 Å². The fourth-order valence-corrected chi connectivity index (χ4v) is 2.52. The van der Waals surface area contributed by atoms with Gasteiger partial charge in [0.05, 0.1) is 7.11 Å². The van der Waals surface area contributed by atoms with Crippen molar-refractivity contribution in [2.75, 3.05) is 20.2 Å². The van der Waals surface area contributed by atoms with Crippen molar-refractivity contribution in [2.45, 2.75) is 25.3 Å².